The second-order valence-corrected chi connectivity index (χ2v) is 5.13. The average Bonchev–Trinajstić information content (AvgIpc) is 2.88. The van der Waals surface area contributed by atoms with E-state index in [9.17, 15) is 13.2 Å². The Labute approximate surface area is 121 Å². The molecule has 2 aromatic rings. The molecule has 1 aromatic heterocycles. The van der Waals surface area contributed by atoms with Crippen molar-refractivity contribution in [3.63, 3.8) is 0 Å². The van der Waals surface area contributed by atoms with E-state index in [1.807, 2.05) is 0 Å². The summed E-state index contributed by atoms with van der Waals surface area (Å²) in [6.07, 6.45) is -2.68. The quantitative estimate of drug-likeness (QED) is 0.731. The molecule has 1 heterocycles. The van der Waals surface area contributed by atoms with Crippen LogP contribution in [0, 0.1) is 0 Å². The van der Waals surface area contributed by atoms with Gasteiger partial charge in [0.1, 0.15) is 0 Å². The Balaban J connectivity index is 1.96. The molecule has 0 bridgehead atoms. The molecule has 0 aliphatic rings. The van der Waals surface area contributed by atoms with Crippen molar-refractivity contribution in [3.8, 4) is 11.5 Å². The highest BCUT2D eigenvalue weighted by atomic mass is 35.5. The smallest absolute Gasteiger partial charge is 0.301 e. The van der Waals surface area contributed by atoms with E-state index >= 15 is 0 Å². The minimum atomic E-state index is -2.29. The van der Waals surface area contributed by atoms with Gasteiger partial charge in [0, 0.05) is 22.8 Å². The largest absolute Gasteiger partial charge is 0.411 e. The van der Waals surface area contributed by atoms with Crippen LogP contribution in [-0.2, 0) is 0 Å². The Morgan fingerprint density at radius 2 is 1.85 bits per heavy atom. The van der Waals surface area contributed by atoms with Gasteiger partial charge in [0.2, 0.25) is 5.89 Å². The summed E-state index contributed by atoms with van der Waals surface area (Å²) in [6, 6.07) is 6.78. The van der Waals surface area contributed by atoms with Crippen molar-refractivity contribution < 1.29 is 17.6 Å². The van der Waals surface area contributed by atoms with Gasteiger partial charge in [-0.15, -0.1) is 10.2 Å². The number of aromatic nitrogens is 2. The van der Waals surface area contributed by atoms with E-state index < -0.39 is 11.9 Å². The van der Waals surface area contributed by atoms with Crippen LogP contribution in [0.2, 0.25) is 5.02 Å². The first-order valence-electron chi connectivity index (χ1n) is 5.48. The molecule has 0 radical (unpaired) electrons. The standard InChI is InChI=1S/C12H8ClF3N2OS/c13-8-3-1-7(2-4-8)11-17-18-12(19-11)20-6-5-9(14)10(15)16/h1-4H,5-6H2. The van der Waals surface area contributed by atoms with Gasteiger partial charge in [0.25, 0.3) is 5.22 Å². The maximum absolute atomic E-state index is 12.6. The van der Waals surface area contributed by atoms with Gasteiger partial charge in [-0.05, 0) is 24.3 Å². The fraction of sp³-hybridized carbons (Fsp3) is 0.167. The second-order valence-electron chi connectivity index (χ2n) is 3.64. The number of benzene rings is 1. The number of hydrogen-bond donors (Lipinski definition) is 0. The van der Waals surface area contributed by atoms with E-state index in [-0.39, 0.29) is 23.3 Å². The van der Waals surface area contributed by atoms with Gasteiger partial charge < -0.3 is 4.42 Å². The predicted octanol–water partition coefficient (Wildman–Crippen LogP) is 4.95. The zero-order chi connectivity index (χ0) is 14.5. The molecule has 0 unspecified atom stereocenters. The molecule has 8 heteroatoms. The van der Waals surface area contributed by atoms with Gasteiger partial charge in [-0.1, -0.05) is 23.4 Å². The lowest BCUT2D eigenvalue weighted by Crippen LogP contribution is -1.82. The molecule has 0 atom stereocenters. The lowest BCUT2D eigenvalue weighted by atomic mass is 10.2. The normalized spacial score (nSPS) is 10.6. The van der Waals surface area contributed by atoms with Crippen LogP contribution in [0.4, 0.5) is 13.2 Å². The molecule has 0 spiro atoms. The van der Waals surface area contributed by atoms with E-state index in [0.717, 1.165) is 11.8 Å². The van der Waals surface area contributed by atoms with Crippen LogP contribution >= 0.6 is 23.4 Å². The first-order chi connectivity index (χ1) is 9.56. The highest BCUT2D eigenvalue weighted by Gasteiger charge is 2.10. The molecule has 0 saturated carbocycles. The molecule has 0 saturated heterocycles. The van der Waals surface area contributed by atoms with Gasteiger partial charge in [-0.3, -0.25) is 0 Å². The third-order valence-corrected chi connectivity index (χ3v) is 3.32. The summed E-state index contributed by atoms with van der Waals surface area (Å²) < 4.78 is 41.6. The van der Waals surface area contributed by atoms with E-state index in [2.05, 4.69) is 10.2 Å². The lowest BCUT2D eigenvalue weighted by molar-refractivity contribution is 0.373. The van der Waals surface area contributed by atoms with Crippen LogP contribution in [0.3, 0.4) is 0 Å². The van der Waals surface area contributed by atoms with Crippen LogP contribution in [0.5, 0.6) is 0 Å². The molecule has 0 fully saturated rings. The minimum absolute atomic E-state index is 0.0887. The third kappa shape index (κ3) is 4.01. The molecule has 20 heavy (non-hydrogen) atoms. The van der Waals surface area contributed by atoms with Crippen molar-refractivity contribution in [2.24, 2.45) is 0 Å². The lowest BCUT2D eigenvalue weighted by Gasteiger charge is -1.95. The zero-order valence-electron chi connectivity index (χ0n) is 9.95. The Hall–Kier alpha value is -1.47. The highest BCUT2D eigenvalue weighted by molar-refractivity contribution is 7.99. The maximum atomic E-state index is 12.6. The summed E-state index contributed by atoms with van der Waals surface area (Å²) in [5.41, 5.74) is 0.689. The first kappa shape index (κ1) is 14.9. The molecular formula is C12H8ClF3N2OS. The van der Waals surface area contributed by atoms with Gasteiger partial charge in [0.05, 0.1) is 0 Å². The summed E-state index contributed by atoms with van der Waals surface area (Å²) in [4.78, 5) is 0. The van der Waals surface area contributed by atoms with Crippen LogP contribution in [0.15, 0.2) is 45.8 Å². The van der Waals surface area contributed by atoms with Gasteiger partial charge in [0.15, 0.2) is 5.83 Å². The summed E-state index contributed by atoms with van der Waals surface area (Å²) in [5.74, 6) is -1.04. The number of nitrogens with zero attached hydrogens (tertiary/aromatic N) is 2. The van der Waals surface area contributed by atoms with Gasteiger partial charge in [-0.2, -0.15) is 8.78 Å². The van der Waals surface area contributed by atoms with Crippen molar-refractivity contribution in [1.82, 2.24) is 10.2 Å². The van der Waals surface area contributed by atoms with Crippen molar-refractivity contribution in [2.45, 2.75) is 11.6 Å². The van der Waals surface area contributed by atoms with Crippen LogP contribution in [0.25, 0.3) is 11.5 Å². The zero-order valence-corrected chi connectivity index (χ0v) is 11.5. The summed E-state index contributed by atoms with van der Waals surface area (Å²) >= 11 is 6.77. The van der Waals surface area contributed by atoms with E-state index in [0.29, 0.717) is 10.6 Å². The molecule has 2 rings (SSSR count). The van der Waals surface area contributed by atoms with E-state index in [4.69, 9.17) is 16.0 Å². The van der Waals surface area contributed by atoms with Crippen molar-refractivity contribution in [3.05, 3.63) is 41.2 Å². The first-order valence-corrected chi connectivity index (χ1v) is 6.84. The number of halogens is 4. The topological polar surface area (TPSA) is 38.9 Å². The number of hydrogen-bond acceptors (Lipinski definition) is 4. The van der Waals surface area contributed by atoms with Gasteiger partial charge in [-0.25, -0.2) is 4.39 Å². The summed E-state index contributed by atoms with van der Waals surface area (Å²) in [5, 5.41) is 8.34. The fourth-order valence-electron chi connectivity index (χ4n) is 1.30. The molecule has 0 aliphatic heterocycles. The Bertz CT molecular complexity index is 611. The second kappa shape index (κ2) is 6.81. The van der Waals surface area contributed by atoms with E-state index in [1.54, 1.807) is 24.3 Å². The molecule has 1 aromatic carbocycles. The number of rotatable bonds is 5. The van der Waals surface area contributed by atoms with Crippen LogP contribution < -0.4 is 0 Å². The minimum Gasteiger partial charge on any atom is -0.411 e. The summed E-state index contributed by atoms with van der Waals surface area (Å²) in [7, 11) is 0. The van der Waals surface area contributed by atoms with Crippen molar-refractivity contribution in [2.75, 3.05) is 5.75 Å². The van der Waals surface area contributed by atoms with Crippen LogP contribution in [0.1, 0.15) is 6.42 Å². The van der Waals surface area contributed by atoms with Crippen LogP contribution in [-0.4, -0.2) is 16.0 Å². The number of thioether (sulfide) groups is 1. The number of allylic oxidation sites excluding steroid dienone is 1. The van der Waals surface area contributed by atoms with Gasteiger partial charge >= 0.3 is 6.08 Å². The van der Waals surface area contributed by atoms with E-state index in [1.165, 1.54) is 0 Å². The average molecular weight is 321 g/mol. The molecule has 106 valence electrons. The Morgan fingerprint density at radius 1 is 1.15 bits per heavy atom. The summed E-state index contributed by atoms with van der Waals surface area (Å²) in [6.45, 7) is 0. The Morgan fingerprint density at radius 3 is 2.50 bits per heavy atom. The molecule has 0 amide bonds. The fourth-order valence-corrected chi connectivity index (χ4v) is 2.12. The van der Waals surface area contributed by atoms with Crippen molar-refractivity contribution in [1.29, 1.82) is 0 Å². The molecule has 0 N–H and O–H groups in total. The molecule has 0 aliphatic carbocycles. The monoisotopic (exact) mass is 320 g/mol. The Kier molecular flexibility index (Phi) is 5.08. The molecule has 3 nitrogen and oxygen atoms in total. The highest BCUT2D eigenvalue weighted by Crippen LogP contribution is 2.26. The SMILES string of the molecule is FC(F)=C(F)CCSc1nnc(-c2ccc(Cl)cc2)o1. The maximum Gasteiger partial charge on any atom is 0.301 e. The van der Waals surface area contributed by atoms with Crippen molar-refractivity contribution >= 4 is 23.4 Å². The third-order valence-electron chi connectivity index (χ3n) is 2.25. The molecular weight excluding hydrogens is 313 g/mol. The predicted molar refractivity (Wildman–Crippen MR) is 70.4 cm³/mol.